The number of methoxy groups -OCH3 is 1. The summed E-state index contributed by atoms with van der Waals surface area (Å²) >= 11 is 0. The van der Waals surface area contributed by atoms with Crippen molar-refractivity contribution in [3.8, 4) is 5.75 Å². The molecule has 0 fully saturated rings. The van der Waals surface area contributed by atoms with E-state index >= 15 is 0 Å². The number of sulfonamides is 1. The lowest BCUT2D eigenvalue weighted by atomic mass is 10.1. The lowest BCUT2D eigenvalue weighted by Crippen LogP contribution is -2.27. The van der Waals surface area contributed by atoms with Gasteiger partial charge in [-0.1, -0.05) is 72.8 Å². The molecule has 4 aromatic carbocycles. The number of fused-ring (bicyclic) bond motifs is 2. The molecule has 0 aliphatic heterocycles. The van der Waals surface area contributed by atoms with Crippen molar-refractivity contribution in [3.63, 3.8) is 0 Å². The van der Waals surface area contributed by atoms with Gasteiger partial charge in [0.05, 0.1) is 29.6 Å². The third-order valence-electron chi connectivity index (χ3n) is 7.10. The van der Waals surface area contributed by atoms with Gasteiger partial charge in [0.1, 0.15) is 22.6 Å². The third-order valence-corrected chi connectivity index (χ3v) is 8.46. The van der Waals surface area contributed by atoms with E-state index < -0.39 is 15.9 Å². The van der Waals surface area contributed by atoms with Crippen LogP contribution in [0.5, 0.6) is 5.75 Å². The average Bonchev–Trinajstić information content (AvgIpc) is 3.31. The van der Waals surface area contributed by atoms with Crippen LogP contribution in [0.15, 0.2) is 114 Å². The van der Waals surface area contributed by atoms with Crippen LogP contribution < -0.4 is 14.8 Å². The molecule has 0 saturated heterocycles. The van der Waals surface area contributed by atoms with Crippen molar-refractivity contribution in [1.82, 2.24) is 19.9 Å². The van der Waals surface area contributed by atoms with Gasteiger partial charge in [-0.05, 0) is 53.9 Å². The van der Waals surface area contributed by atoms with Crippen LogP contribution in [0.3, 0.4) is 0 Å². The molecule has 0 spiro atoms. The molecular formula is C33H29N5O4S. The van der Waals surface area contributed by atoms with Gasteiger partial charge in [-0.2, -0.15) is 0 Å². The molecule has 0 aliphatic rings. The highest BCUT2D eigenvalue weighted by Gasteiger charge is 2.29. The molecule has 0 saturated carbocycles. The number of carbonyl (C=O) groups excluding carboxylic acids is 1. The van der Waals surface area contributed by atoms with Gasteiger partial charge >= 0.3 is 0 Å². The second-order valence-electron chi connectivity index (χ2n) is 9.95. The topological polar surface area (TPSA) is 115 Å². The van der Waals surface area contributed by atoms with Gasteiger partial charge in [0.25, 0.3) is 15.9 Å². The zero-order valence-electron chi connectivity index (χ0n) is 23.4. The SMILES string of the molecule is COc1ccc(S(=O)(=O)Nc2c(C(=O)NCCc3ccccc3)c3nc4ccccc4nc3n2Cc2ccccc2)cc1. The quantitative estimate of drug-likeness (QED) is 0.220. The molecule has 9 nitrogen and oxygen atoms in total. The van der Waals surface area contributed by atoms with Crippen LogP contribution in [0.25, 0.3) is 22.2 Å². The van der Waals surface area contributed by atoms with Gasteiger partial charge in [-0.15, -0.1) is 0 Å². The highest BCUT2D eigenvalue weighted by molar-refractivity contribution is 7.92. The number of benzene rings is 4. The number of hydrogen-bond acceptors (Lipinski definition) is 6. The van der Waals surface area contributed by atoms with Crippen LogP contribution in [0, 0.1) is 0 Å². The minimum atomic E-state index is -4.13. The Kier molecular flexibility index (Phi) is 7.76. The molecule has 0 bridgehead atoms. The van der Waals surface area contributed by atoms with Gasteiger partial charge in [0, 0.05) is 6.54 Å². The van der Waals surface area contributed by atoms with Crippen molar-refractivity contribution in [1.29, 1.82) is 0 Å². The monoisotopic (exact) mass is 591 g/mol. The van der Waals surface area contributed by atoms with Gasteiger partial charge in [-0.3, -0.25) is 9.52 Å². The molecule has 1 amide bonds. The van der Waals surface area contributed by atoms with Crippen LogP contribution in [0.2, 0.25) is 0 Å². The predicted octanol–water partition coefficient (Wildman–Crippen LogP) is 5.41. The number of carbonyl (C=O) groups is 1. The average molecular weight is 592 g/mol. The Balaban J connectivity index is 1.50. The van der Waals surface area contributed by atoms with E-state index in [4.69, 9.17) is 14.7 Å². The first-order chi connectivity index (χ1) is 20.9. The van der Waals surface area contributed by atoms with Crippen molar-refractivity contribution in [3.05, 3.63) is 126 Å². The second-order valence-corrected chi connectivity index (χ2v) is 11.6. The van der Waals surface area contributed by atoms with Crippen molar-refractivity contribution >= 4 is 43.9 Å². The molecule has 0 radical (unpaired) electrons. The maximum atomic E-state index is 13.9. The number of para-hydroxylation sites is 2. The fraction of sp³-hybridized carbons (Fsp3) is 0.121. The van der Waals surface area contributed by atoms with E-state index in [9.17, 15) is 13.2 Å². The fourth-order valence-corrected chi connectivity index (χ4v) is 6.01. The first-order valence-electron chi connectivity index (χ1n) is 13.7. The molecule has 2 heterocycles. The Bertz CT molecular complexity index is 2010. The highest BCUT2D eigenvalue weighted by Crippen LogP contribution is 2.32. The van der Waals surface area contributed by atoms with E-state index in [1.807, 2.05) is 84.9 Å². The number of nitrogens with one attached hydrogen (secondary N) is 2. The lowest BCUT2D eigenvalue weighted by Gasteiger charge is -2.15. The summed E-state index contributed by atoms with van der Waals surface area (Å²) in [6, 6.07) is 32.8. The summed E-state index contributed by atoms with van der Waals surface area (Å²) in [5, 5.41) is 2.97. The zero-order chi connectivity index (χ0) is 29.8. The molecule has 6 rings (SSSR count). The molecule has 2 N–H and O–H groups in total. The van der Waals surface area contributed by atoms with Gasteiger partial charge in [0.15, 0.2) is 5.65 Å². The fourth-order valence-electron chi connectivity index (χ4n) is 4.94. The van der Waals surface area contributed by atoms with Crippen LogP contribution in [0.4, 0.5) is 5.82 Å². The lowest BCUT2D eigenvalue weighted by molar-refractivity contribution is 0.0956. The van der Waals surface area contributed by atoms with E-state index in [-0.39, 0.29) is 22.8 Å². The van der Waals surface area contributed by atoms with Crippen molar-refractivity contribution in [2.45, 2.75) is 17.9 Å². The number of nitrogens with zero attached hydrogens (tertiary/aromatic N) is 3. The third kappa shape index (κ3) is 5.91. The maximum Gasteiger partial charge on any atom is 0.263 e. The summed E-state index contributed by atoms with van der Waals surface area (Å²) in [5.41, 5.74) is 3.99. The van der Waals surface area contributed by atoms with Crippen molar-refractivity contribution in [2.75, 3.05) is 18.4 Å². The van der Waals surface area contributed by atoms with Crippen LogP contribution >= 0.6 is 0 Å². The molecule has 0 unspecified atom stereocenters. The first-order valence-corrected chi connectivity index (χ1v) is 15.2. The van der Waals surface area contributed by atoms with Crippen molar-refractivity contribution < 1.29 is 17.9 Å². The van der Waals surface area contributed by atoms with Gasteiger partial charge in [-0.25, -0.2) is 18.4 Å². The highest BCUT2D eigenvalue weighted by atomic mass is 32.2. The molecule has 43 heavy (non-hydrogen) atoms. The Morgan fingerprint density at radius 2 is 1.40 bits per heavy atom. The molecule has 0 aliphatic carbocycles. The minimum absolute atomic E-state index is 0.0198. The summed E-state index contributed by atoms with van der Waals surface area (Å²) in [7, 11) is -2.62. The van der Waals surface area contributed by atoms with Gasteiger partial charge in [0.2, 0.25) is 0 Å². The maximum absolute atomic E-state index is 13.9. The molecular weight excluding hydrogens is 562 g/mol. The van der Waals surface area contributed by atoms with Crippen LogP contribution in [-0.4, -0.2) is 42.5 Å². The number of anilines is 1. The summed E-state index contributed by atoms with van der Waals surface area (Å²) in [5.74, 6) is 0.155. The molecule has 10 heteroatoms. The predicted molar refractivity (Wildman–Crippen MR) is 167 cm³/mol. The Labute approximate surface area is 249 Å². The largest absolute Gasteiger partial charge is 0.497 e. The summed E-state index contributed by atoms with van der Waals surface area (Å²) < 4.78 is 37.1. The molecule has 6 aromatic rings. The number of ether oxygens (including phenoxy) is 1. The number of amides is 1. The van der Waals surface area contributed by atoms with E-state index in [1.54, 1.807) is 16.7 Å². The normalized spacial score (nSPS) is 11.5. The Morgan fingerprint density at radius 1 is 0.791 bits per heavy atom. The molecule has 2 aromatic heterocycles. The summed E-state index contributed by atoms with van der Waals surface area (Å²) in [6.07, 6.45) is 0.608. The van der Waals surface area contributed by atoms with Crippen molar-refractivity contribution in [2.24, 2.45) is 0 Å². The number of aromatic nitrogens is 3. The molecule has 216 valence electrons. The number of hydrogen-bond donors (Lipinski definition) is 2. The Hall–Kier alpha value is -5.22. The second kappa shape index (κ2) is 11.9. The summed E-state index contributed by atoms with van der Waals surface area (Å²) in [6.45, 7) is 0.599. The Morgan fingerprint density at radius 3 is 2.05 bits per heavy atom. The van der Waals surface area contributed by atoms with E-state index in [2.05, 4.69) is 10.0 Å². The summed E-state index contributed by atoms with van der Waals surface area (Å²) in [4.78, 5) is 23.6. The van der Waals surface area contributed by atoms with Crippen LogP contribution in [-0.2, 0) is 23.0 Å². The van der Waals surface area contributed by atoms with Gasteiger partial charge < -0.3 is 14.6 Å². The smallest absolute Gasteiger partial charge is 0.263 e. The van der Waals surface area contributed by atoms with Crippen LogP contribution in [0.1, 0.15) is 21.5 Å². The van der Waals surface area contributed by atoms with E-state index in [0.717, 1.165) is 11.1 Å². The number of rotatable bonds is 10. The minimum Gasteiger partial charge on any atom is -0.497 e. The first kappa shape index (κ1) is 27.9. The van der Waals surface area contributed by atoms with E-state index in [1.165, 1.54) is 19.2 Å². The zero-order valence-corrected chi connectivity index (χ0v) is 24.2. The standard InChI is InChI=1S/C33H29N5O4S/c1-42-25-16-18-26(19-17-25)43(40,41)37-31-29(33(39)34-21-20-23-10-4-2-5-11-23)30-32(36-28-15-9-8-14-27(28)35-30)38(31)22-24-12-6-3-7-13-24/h2-19,37H,20-22H2,1H3,(H,34,39). The molecule has 0 atom stereocenters. The van der Waals surface area contributed by atoms with E-state index in [0.29, 0.717) is 40.9 Å².